The number of benzene rings is 1. The molecule has 66 valence electrons. The molecule has 0 fully saturated rings. The second-order valence-electron chi connectivity index (χ2n) is 2.52. The molecule has 13 heavy (non-hydrogen) atoms. The Hall–Kier alpha value is -1.48. The van der Waals surface area contributed by atoms with Crippen LogP contribution >= 0.6 is 11.9 Å². The topological polar surface area (TPSA) is 39.4 Å². The maximum Gasteiger partial charge on any atom is 0.392 e. The molecule has 0 aliphatic rings. The highest BCUT2D eigenvalue weighted by Crippen LogP contribution is 2.21. The molecular formula is C9H5ClO3. The standard InChI is InChI=1S/C9H5ClO3/c10-13-9(11)8-7-4-2-1-3-6(7)5-12-8/h1-5H. The summed E-state index contributed by atoms with van der Waals surface area (Å²) in [6, 6.07) is 7.27. The van der Waals surface area contributed by atoms with Crippen LogP contribution < -0.4 is 0 Å². The number of carbonyl (C=O) groups is 1. The minimum absolute atomic E-state index is 0.130. The van der Waals surface area contributed by atoms with Crippen molar-refractivity contribution in [2.45, 2.75) is 0 Å². The SMILES string of the molecule is O=C(OCl)c1occ2ccccc12. The summed E-state index contributed by atoms with van der Waals surface area (Å²) in [5, 5.41) is 1.55. The highest BCUT2D eigenvalue weighted by atomic mass is 35.5. The Balaban J connectivity index is 2.64. The molecule has 4 heteroatoms. The monoisotopic (exact) mass is 196 g/mol. The van der Waals surface area contributed by atoms with E-state index in [1.807, 2.05) is 18.2 Å². The molecule has 0 unspecified atom stereocenters. The first-order valence-corrected chi connectivity index (χ1v) is 3.93. The van der Waals surface area contributed by atoms with Crippen molar-refractivity contribution in [3.8, 4) is 0 Å². The summed E-state index contributed by atoms with van der Waals surface area (Å²) in [7, 11) is 0. The molecule has 0 aliphatic carbocycles. The number of rotatable bonds is 1. The molecule has 0 radical (unpaired) electrons. The quantitative estimate of drug-likeness (QED) is 0.704. The molecular weight excluding hydrogens is 192 g/mol. The summed E-state index contributed by atoms with van der Waals surface area (Å²) in [6.07, 6.45) is 1.48. The second kappa shape index (κ2) is 3.11. The lowest BCUT2D eigenvalue weighted by atomic mass is 10.2. The van der Waals surface area contributed by atoms with Crippen LogP contribution in [0.2, 0.25) is 0 Å². The van der Waals surface area contributed by atoms with Crippen molar-refractivity contribution in [3.05, 3.63) is 36.3 Å². The molecule has 2 aromatic rings. The number of halogens is 1. The van der Waals surface area contributed by atoms with E-state index in [-0.39, 0.29) is 5.76 Å². The Kier molecular flexibility index (Phi) is 1.94. The van der Waals surface area contributed by atoms with Gasteiger partial charge in [0.25, 0.3) is 0 Å². The van der Waals surface area contributed by atoms with Gasteiger partial charge in [-0.1, -0.05) is 24.3 Å². The Bertz CT molecular complexity index is 447. The van der Waals surface area contributed by atoms with Crippen molar-refractivity contribution in [3.63, 3.8) is 0 Å². The molecule has 0 amide bonds. The summed E-state index contributed by atoms with van der Waals surface area (Å²) in [4.78, 5) is 11.0. The summed E-state index contributed by atoms with van der Waals surface area (Å²) in [5.41, 5.74) is 0. The van der Waals surface area contributed by atoms with Gasteiger partial charge in [0.05, 0.1) is 6.26 Å². The molecule has 0 spiro atoms. The molecule has 0 saturated heterocycles. The highest BCUT2D eigenvalue weighted by molar-refractivity contribution is 6.17. The zero-order valence-electron chi connectivity index (χ0n) is 6.49. The third-order valence-corrected chi connectivity index (χ3v) is 1.90. The van der Waals surface area contributed by atoms with Crippen LogP contribution in [0.15, 0.2) is 34.9 Å². The first-order chi connectivity index (χ1) is 6.33. The van der Waals surface area contributed by atoms with Gasteiger partial charge in [-0.05, 0) is 0 Å². The van der Waals surface area contributed by atoms with Crippen LogP contribution in [0.3, 0.4) is 0 Å². The van der Waals surface area contributed by atoms with E-state index < -0.39 is 5.97 Å². The zero-order chi connectivity index (χ0) is 9.26. The Morgan fingerprint density at radius 2 is 2.15 bits per heavy atom. The maximum absolute atomic E-state index is 11.0. The lowest BCUT2D eigenvalue weighted by Gasteiger charge is -1.90. The van der Waals surface area contributed by atoms with E-state index in [9.17, 15) is 4.79 Å². The van der Waals surface area contributed by atoms with E-state index in [4.69, 9.17) is 16.3 Å². The van der Waals surface area contributed by atoms with E-state index in [2.05, 4.69) is 4.29 Å². The number of fused-ring (bicyclic) bond motifs is 1. The van der Waals surface area contributed by atoms with Crippen molar-refractivity contribution in [1.82, 2.24) is 0 Å². The van der Waals surface area contributed by atoms with E-state index in [0.29, 0.717) is 5.39 Å². The number of hydrogen-bond acceptors (Lipinski definition) is 3. The van der Waals surface area contributed by atoms with Crippen molar-refractivity contribution in [2.24, 2.45) is 0 Å². The van der Waals surface area contributed by atoms with Crippen molar-refractivity contribution >= 4 is 28.6 Å². The summed E-state index contributed by atoms with van der Waals surface area (Å²) in [5.74, 6) is -0.548. The van der Waals surface area contributed by atoms with Crippen molar-refractivity contribution in [1.29, 1.82) is 0 Å². The average Bonchev–Trinajstić information content (AvgIpc) is 2.60. The predicted molar refractivity (Wildman–Crippen MR) is 47.5 cm³/mol. The molecule has 1 heterocycles. The summed E-state index contributed by atoms with van der Waals surface area (Å²) >= 11 is 4.93. The normalized spacial score (nSPS) is 10.2. The van der Waals surface area contributed by atoms with Gasteiger partial charge in [0.1, 0.15) is 11.9 Å². The van der Waals surface area contributed by atoms with Gasteiger partial charge in [-0.25, -0.2) is 4.79 Å². The van der Waals surface area contributed by atoms with Crippen LogP contribution in [0.4, 0.5) is 0 Å². The molecule has 3 nitrogen and oxygen atoms in total. The third kappa shape index (κ3) is 1.27. The van der Waals surface area contributed by atoms with Crippen LogP contribution in [0.25, 0.3) is 10.8 Å². The van der Waals surface area contributed by atoms with Gasteiger partial charge < -0.3 is 8.71 Å². The summed E-state index contributed by atoms with van der Waals surface area (Å²) in [6.45, 7) is 0. The Morgan fingerprint density at radius 1 is 1.38 bits per heavy atom. The Labute approximate surface area is 79.0 Å². The molecule has 0 bridgehead atoms. The zero-order valence-corrected chi connectivity index (χ0v) is 7.25. The molecule has 0 aliphatic heterocycles. The molecule has 1 aromatic heterocycles. The van der Waals surface area contributed by atoms with E-state index in [1.54, 1.807) is 6.07 Å². The summed E-state index contributed by atoms with van der Waals surface area (Å²) < 4.78 is 9.05. The number of hydrogen-bond donors (Lipinski definition) is 0. The predicted octanol–water partition coefficient (Wildman–Crippen LogP) is 2.74. The van der Waals surface area contributed by atoms with Gasteiger partial charge >= 0.3 is 5.97 Å². The number of furan rings is 1. The van der Waals surface area contributed by atoms with Crippen LogP contribution in [-0.4, -0.2) is 5.97 Å². The largest absolute Gasteiger partial charge is 0.456 e. The molecule has 0 atom stereocenters. The van der Waals surface area contributed by atoms with Gasteiger partial charge in [-0.15, -0.1) is 0 Å². The minimum Gasteiger partial charge on any atom is -0.456 e. The maximum atomic E-state index is 11.0. The van der Waals surface area contributed by atoms with Gasteiger partial charge in [0, 0.05) is 10.8 Å². The lowest BCUT2D eigenvalue weighted by Crippen LogP contribution is -1.95. The lowest BCUT2D eigenvalue weighted by molar-refractivity contribution is 0.0721. The van der Waals surface area contributed by atoms with Crippen LogP contribution in [0, 0.1) is 0 Å². The van der Waals surface area contributed by atoms with Crippen LogP contribution in [0.1, 0.15) is 10.6 Å². The first kappa shape index (κ1) is 8.13. The van der Waals surface area contributed by atoms with Gasteiger partial charge in [-0.3, -0.25) is 0 Å². The molecule has 0 saturated carbocycles. The first-order valence-electron chi connectivity index (χ1n) is 3.62. The van der Waals surface area contributed by atoms with Crippen molar-refractivity contribution < 1.29 is 13.5 Å². The molecule has 1 aromatic carbocycles. The van der Waals surface area contributed by atoms with Crippen molar-refractivity contribution in [2.75, 3.05) is 0 Å². The highest BCUT2D eigenvalue weighted by Gasteiger charge is 2.15. The van der Waals surface area contributed by atoms with Gasteiger partial charge in [-0.2, -0.15) is 0 Å². The van der Waals surface area contributed by atoms with Gasteiger partial charge in [0.2, 0.25) is 5.76 Å². The Morgan fingerprint density at radius 3 is 2.92 bits per heavy atom. The fourth-order valence-electron chi connectivity index (χ4n) is 1.19. The number of carbonyl (C=O) groups excluding carboxylic acids is 1. The van der Waals surface area contributed by atoms with E-state index in [1.165, 1.54) is 6.26 Å². The van der Waals surface area contributed by atoms with Crippen LogP contribution in [0.5, 0.6) is 0 Å². The minimum atomic E-state index is -0.678. The van der Waals surface area contributed by atoms with Crippen LogP contribution in [-0.2, 0) is 4.29 Å². The fraction of sp³-hybridized carbons (Fsp3) is 0. The average molecular weight is 197 g/mol. The molecule has 0 N–H and O–H groups in total. The van der Waals surface area contributed by atoms with E-state index in [0.717, 1.165) is 5.39 Å². The fourth-order valence-corrected chi connectivity index (χ4v) is 1.26. The smallest absolute Gasteiger partial charge is 0.392 e. The third-order valence-electron chi connectivity index (χ3n) is 1.76. The van der Waals surface area contributed by atoms with Gasteiger partial charge in [0.15, 0.2) is 0 Å². The molecule has 2 rings (SSSR count). The second-order valence-corrected chi connectivity index (χ2v) is 2.67. The van der Waals surface area contributed by atoms with E-state index >= 15 is 0 Å².